The van der Waals surface area contributed by atoms with Crippen molar-refractivity contribution in [3.05, 3.63) is 11.9 Å². The molecule has 3 rings (SSSR count). The maximum atomic E-state index is 4.90. The third-order valence-electron chi connectivity index (χ3n) is 5.04. The average molecular weight is 290 g/mol. The summed E-state index contributed by atoms with van der Waals surface area (Å²) in [6.45, 7) is 7.81. The van der Waals surface area contributed by atoms with Gasteiger partial charge in [-0.3, -0.25) is 0 Å². The summed E-state index contributed by atoms with van der Waals surface area (Å²) in [5.74, 6) is 1.83. The molecular formula is C17H30N4. The predicted molar refractivity (Wildman–Crippen MR) is 87.8 cm³/mol. The van der Waals surface area contributed by atoms with Gasteiger partial charge in [-0.2, -0.15) is 0 Å². The molecule has 0 spiro atoms. The molecule has 3 heterocycles. The first-order valence-corrected chi connectivity index (χ1v) is 8.61. The van der Waals surface area contributed by atoms with Gasteiger partial charge in [0.05, 0.1) is 5.69 Å². The minimum absolute atomic E-state index is 0.641. The van der Waals surface area contributed by atoms with E-state index in [4.69, 9.17) is 4.98 Å². The lowest BCUT2D eigenvalue weighted by molar-refractivity contribution is 0.350. The van der Waals surface area contributed by atoms with Gasteiger partial charge in [-0.1, -0.05) is 20.8 Å². The van der Waals surface area contributed by atoms with E-state index < -0.39 is 0 Å². The lowest BCUT2D eigenvalue weighted by Gasteiger charge is -2.36. The van der Waals surface area contributed by atoms with Crippen molar-refractivity contribution in [2.75, 3.05) is 11.9 Å². The van der Waals surface area contributed by atoms with Gasteiger partial charge in [-0.15, -0.1) is 0 Å². The number of imidazole rings is 1. The molecule has 2 atom stereocenters. The summed E-state index contributed by atoms with van der Waals surface area (Å²) in [5, 5.41) is 3.74. The van der Waals surface area contributed by atoms with Gasteiger partial charge in [-0.25, -0.2) is 4.98 Å². The van der Waals surface area contributed by atoms with E-state index in [1.165, 1.54) is 37.3 Å². The summed E-state index contributed by atoms with van der Waals surface area (Å²) in [4.78, 5) is 7.35. The van der Waals surface area contributed by atoms with E-state index in [9.17, 15) is 0 Å². The van der Waals surface area contributed by atoms with Crippen LogP contribution in [0.25, 0.3) is 0 Å². The molecule has 2 bridgehead atoms. The Morgan fingerprint density at radius 2 is 2.00 bits per heavy atom. The van der Waals surface area contributed by atoms with Crippen LogP contribution in [-0.4, -0.2) is 34.7 Å². The van der Waals surface area contributed by atoms with Gasteiger partial charge in [0.1, 0.15) is 0 Å². The van der Waals surface area contributed by atoms with Gasteiger partial charge in [0.25, 0.3) is 0 Å². The number of fused-ring (bicyclic) bond motifs is 2. The molecular weight excluding hydrogens is 260 g/mol. The molecule has 1 aromatic rings. The predicted octanol–water partition coefficient (Wildman–Crippen LogP) is 2.82. The van der Waals surface area contributed by atoms with Crippen molar-refractivity contribution in [1.29, 1.82) is 0 Å². The van der Waals surface area contributed by atoms with Crippen LogP contribution in [-0.2, 0) is 13.0 Å². The molecule has 2 saturated heterocycles. The second kappa shape index (κ2) is 5.99. The molecule has 2 aliphatic heterocycles. The zero-order valence-electron chi connectivity index (χ0n) is 14.0. The highest BCUT2D eigenvalue weighted by Crippen LogP contribution is 2.31. The van der Waals surface area contributed by atoms with Crippen molar-refractivity contribution in [1.82, 2.24) is 14.9 Å². The first kappa shape index (κ1) is 14.9. The molecule has 0 aromatic carbocycles. The van der Waals surface area contributed by atoms with Crippen molar-refractivity contribution >= 4 is 5.95 Å². The minimum Gasteiger partial charge on any atom is -0.342 e. The van der Waals surface area contributed by atoms with E-state index in [2.05, 4.69) is 48.8 Å². The topological polar surface area (TPSA) is 33.1 Å². The second-order valence-corrected chi connectivity index (χ2v) is 7.31. The molecule has 4 nitrogen and oxygen atoms in total. The highest BCUT2D eigenvalue weighted by molar-refractivity contribution is 5.35. The molecule has 2 fully saturated rings. The van der Waals surface area contributed by atoms with E-state index in [-0.39, 0.29) is 0 Å². The standard InChI is InChI=1S/C17H30N4/c1-5-13-11-21(10-12(2)3)17(19-13)20(4)16-8-14-6-7-15(9-16)18-14/h11-12,14-16,18H,5-10H2,1-4H3. The van der Waals surface area contributed by atoms with Crippen LogP contribution in [0.15, 0.2) is 6.20 Å². The minimum atomic E-state index is 0.641. The summed E-state index contributed by atoms with van der Waals surface area (Å²) >= 11 is 0. The molecule has 21 heavy (non-hydrogen) atoms. The fraction of sp³-hybridized carbons (Fsp3) is 0.824. The molecule has 0 aliphatic carbocycles. The molecule has 2 aliphatic rings. The summed E-state index contributed by atoms with van der Waals surface area (Å²) in [6.07, 6.45) is 8.52. The number of nitrogens with one attached hydrogen (secondary N) is 1. The number of hydrogen-bond donors (Lipinski definition) is 1. The Morgan fingerprint density at radius 1 is 1.33 bits per heavy atom. The maximum Gasteiger partial charge on any atom is 0.205 e. The highest BCUT2D eigenvalue weighted by Gasteiger charge is 2.36. The highest BCUT2D eigenvalue weighted by atomic mass is 15.3. The fourth-order valence-corrected chi connectivity index (χ4v) is 3.95. The van der Waals surface area contributed by atoms with Crippen LogP contribution in [0.3, 0.4) is 0 Å². The van der Waals surface area contributed by atoms with Crippen LogP contribution >= 0.6 is 0 Å². The molecule has 0 saturated carbocycles. The molecule has 0 radical (unpaired) electrons. The van der Waals surface area contributed by atoms with Gasteiger partial charge < -0.3 is 14.8 Å². The molecule has 118 valence electrons. The Morgan fingerprint density at radius 3 is 2.57 bits per heavy atom. The summed E-state index contributed by atoms with van der Waals surface area (Å²) < 4.78 is 2.37. The monoisotopic (exact) mass is 290 g/mol. The summed E-state index contributed by atoms with van der Waals surface area (Å²) in [7, 11) is 2.24. The Hall–Kier alpha value is -1.03. The first-order valence-electron chi connectivity index (χ1n) is 8.61. The van der Waals surface area contributed by atoms with Crippen LogP contribution < -0.4 is 10.2 Å². The van der Waals surface area contributed by atoms with Crippen LogP contribution in [0.2, 0.25) is 0 Å². The fourth-order valence-electron chi connectivity index (χ4n) is 3.95. The van der Waals surface area contributed by atoms with Crippen molar-refractivity contribution in [3.63, 3.8) is 0 Å². The first-order chi connectivity index (χ1) is 10.1. The van der Waals surface area contributed by atoms with Gasteiger partial charge in [0, 0.05) is 37.9 Å². The normalized spacial score (nSPS) is 28.3. The van der Waals surface area contributed by atoms with Crippen molar-refractivity contribution in [2.24, 2.45) is 5.92 Å². The Kier molecular flexibility index (Phi) is 4.25. The lowest BCUT2D eigenvalue weighted by Crippen LogP contribution is -2.47. The molecule has 4 heteroatoms. The summed E-state index contributed by atoms with van der Waals surface area (Å²) in [5.41, 5.74) is 1.22. The van der Waals surface area contributed by atoms with E-state index in [0.29, 0.717) is 12.0 Å². The molecule has 0 amide bonds. The smallest absolute Gasteiger partial charge is 0.205 e. The van der Waals surface area contributed by atoms with E-state index in [1.54, 1.807) is 0 Å². The largest absolute Gasteiger partial charge is 0.342 e. The van der Waals surface area contributed by atoms with Gasteiger partial charge in [-0.05, 0) is 38.0 Å². The number of piperidine rings is 1. The number of nitrogens with zero attached hydrogens (tertiary/aromatic N) is 3. The molecule has 2 unspecified atom stereocenters. The van der Waals surface area contributed by atoms with E-state index in [0.717, 1.165) is 25.0 Å². The molecule has 1 N–H and O–H groups in total. The Bertz CT molecular complexity index is 467. The van der Waals surface area contributed by atoms with Gasteiger partial charge >= 0.3 is 0 Å². The Balaban J connectivity index is 1.79. The third-order valence-corrected chi connectivity index (χ3v) is 5.04. The third kappa shape index (κ3) is 3.10. The van der Waals surface area contributed by atoms with Crippen molar-refractivity contribution < 1.29 is 0 Å². The number of rotatable bonds is 5. The second-order valence-electron chi connectivity index (χ2n) is 7.31. The van der Waals surface area contributed by atoms with E-state index in [1.807, 2.05) is 0 Å². The SMILES string of the molecule is CCc1cn(CC(C)C)c(N(C)C2CC3CCC(C2)N3)n1. The quantitative estimate of drug-likeness (QED) is 0.905. The Labute approximate surface area is 128 Å². The maximum absolute atomic E-state index is 4.90. The molecule has 1 aromatic heterocycles. The number of aromatic nitrogens is 2. The number of aryl methyl sites for hydroxylation is 1. The number of anilines is 1. The van der Waals surface area contributed by atoms with Crippen molar-refractivity contribution in [3.8, 4) is 0 Å². The zero-order valence-corrected chi connectivity index (χ0v) is 14.0. The van der Waals surface area contributed by atoms with Crippen LogP contribution in [0, 0.1) is 5.92 Å². The van der Waals surface area contributed by atoms with Crippen LogP contribution in [0.1, 0.15) is 52.1 Å². The summed E-state index contributed by atoms with van der Waals surface area (Å²) in [6, 6.07) is 2.10. The van der Waals surface area contributed by atoms with Gasteiger partial charge in [0.2, 0.25) is 5.95 Å². The number of hydrogen-bond acceptors (Lipinski definition) is 3. The van der Waals surface area contributed by atoms with Crippen LogP contribution in [0.4, 0.5) is 5.95 Å². The zero-order chi connectivity index (χ0) is 15.0. The van der Waals surface area contributed by atoms with E-state index >= 15 is 0 Å². The van der Waals surface area contributed by atoms with Crippen LogP contribution in [0.5, 0.6) is 0 Å². The lowest BCUT2D eigenvalue weighted by atomic mass is 9.99. The van der Waals surface area contributed by atoms with Gasteiger partial charge in [0.15, 0.2) is 0 Å². The average Bonchev–Trinajstić information content (AvgIpc) is 3.00. The van der Waals surface area contributed by atoms with Crippen molar-refractivity contribution in [2.45, 2.75) is 77.5 Å².